The van der Waals surface area contributed by atoms with Crippen LogP contribution in [0.3, 0.4) is 0 Å². The molecule has 0 unspecified atom stereocenters. The van der Waals surface area contributed by atoms with Crippen LogP contribution in [-0.2, 0) is 16.6 Å². The van der Waals surface area contributed by atoms with Crippen molar-refractivity contribution in [3.63, 3.8) is 0 Å². The Balaban J connectivity index is 2.49. The fraction of sp³-hybridized carbons (Fsp3) is 0.188. The fourth-order valence-corrected chi connectivity index (χ4v) is 1.91. The summed E-state index contributed by atoms with van der Waals surface area (Å²) in [4.78, 5) is 16.3. The number of esters is 1. The highest BCUT2D eigenvalue weighted by Gasteiger charge is 2.17. The molecule has 0 saturated carbocycles. The predicted octanol–water partition coefficient (Wildman–Crippen LogP) is 2.40. The number of carbonyl (C=O) groups is 1. The van der Waals surface area contributed by atoms with Gasteiger partial charge in [0.05, 0.1) is 18.2 Å². The summed E-state index contributed by atoms with van der Waals surface area (Å²) in [5.74, 6) is 0.0879. The van der Waals surface area contributed by atoms with Crippen LogP contribution in [0.4, 0.5) is 0 Å². The average Bonchev–Trinajstić information content (AvgIpc) is 2.91. The first-order valence-electron chi connectivity index (χ1n) is 6.52. The molecular weight excluding hydrogens is 266 g/mol. The number of nitrogens with zero attached hydrogens (tertiary/aromatic N) is 3. The van der Waals surface area contributed by atoms with Gasteiger partial charge in [0.2, 0.25) is 0 Å². The summed E-state index contributed by atoms with van der Waals surface area (Å²) in [6.07, 6.45) is 5.06. The lowest BCUT2D eigenvalue weighted by molar-refractivity contribution is -0.136. The van der Waals surface area contributed by atoms with Crippen LogP contribution in [0.1, 0.15) is 23.9 Å². The van der Waals surface area contributed by atoms with Crippen molar-refractivity contribution in [3.8, 4) is 6.07 Å². The van der Waals surface area contributed by atoms with Crippen molar-refractivity contribution in [2.45, 2.75) is 6.92 Å². The number of nitriles is 1. The summed E-state index contributed by atoms with van der Waals surface area (Å²) < 4.78 is 6.83. The van der Waals surface area contributed by atoms with E-state index >= 15 is 0 Å². The van der Waals surface area contributed by atoms with Gasteiger partial charge in [0.1, 0.15) is 11.4 Å². The number of benzene rings is 1. The third kappa shape index (κ3) is 3.37. The van der Waals surface area contributed by atoms with Gasteiger partial charge >= 0.3 is 5.97 Å². The Morgan fingerprint density at radius 3 is 2.95 bits per heavy atom. The molecule has 0 fully saturated rings. The van der Waals surface area contributed by atoms with Gasteiger partial charge < -0.3 is 9.30 Å². The molecular formula is C16H15N3O2. The Hall–Kier alpha value is -2.87. The first-order chi connectivity index (χ1) is 10.2. The first kappa shape index (κ1) is 14.5. The second kappa shape index (κ2) is 6.53. The van der Waals surface area contributed by atoms with Crippen LogP contribution in [0.2, 0.25) is 0 Å². The molecule has 0 amide bonds. The molecule has 106 valence electrons. The van der Waals surface area contributed by atoms with E-state index in [0.717, 1.165) is 5.56 Å². The molecule has 0 aliphatic heterocycles. The lowest BCUT2D eigenvalue weighted by atomic mass is 10.1. The maximum Gasteiger partial charge on any atom is 0.341 e. The highest BCUT2D eigenvalue weighted by atomic mass is 16.5. The molecule has 0 spiro atoms. The van der Waals surface area contributed by atoms with Crippen molar-refractivity contribution in [1.82, 2.24) is 9.55 Å². The molecule has 1 heterocycles. The Kier molecular flexibility index (Phi) is 4.52. The predicted molar refractivity (Wildman–Crippen MR) is 78.9 cm³/mol. The molecule has 5 heteroatoms. The van der Waals surface area contributed by atoms with Gasteiger partial charge in [-0.3, -0.25) is 0 Å². The van der Waals surface area contributed by atoms with E-state index in [1.54, 1.807) is 55.2 Å². The second-order valence-corrected chi connectivity index (χ2v) is 4.38. The van der Waals surface area contributed by atoms with Crippen molar-refractivity contribution in [2.24, 2.45) is 7.05 Å². The van der Waals surface area contributed by atoms with E-state index in [4.69, 9.17) is 10.00 Å². The number of hydrogen-bond acceptors (Lipinski definition) is 4. The third-order valence-corrected chi connectivity index (χ3v) is 2.88. The summed E-state index contributed by atoms with van der Waals surface area (Å²) in [5, 5.41) is 8.94. The molecule has 0 aliphatic rings. The van der Waals surface area contributed by atoms with Crippen molar-refractivity contribution in [2.75, 3.05) is 6.61 Å². The highest BCUT2D eigenvalue weighted by Crippen LogP contribution is 2.19. The van der Waals surface area contributed by atoms with E-state index in [1.165, 1.54) is 0 Å². The summed E-state index contributed by atoms with van der Waals surface area (Å²) >= 11 is 0. The zero-order chi connectivity index (χ0) is 15.2. The third-order valence-electron chi connectivity index (χ3n) is 2.88. The van der Waals surface area contributed by atoms with Gasteiger partial charge in [0.15, 0.2) is 0 Å². The molecule has 2 aromatic rings. The molecule has 0 bridgehead atoms. The Labute approximate surface area is 123 Å². The van der Waals surface area contributed by atoms with Crippen LogP contribution in [0, 0.1) is 11.3 Å². The second-order valence-electron chi connectivity index (χ2n) is 4.38. The van der Waals surface area contributed by atoms with Gasteiger partial charge in [-0.05, 0) is 30.7 Å². The van der Waals surface area contributed by atoms with Gasteiger partial charge in [-0.15, -0.1) is 0 Å². The van der Waals surface area contributed by atoms with Gasteiger partial charge in [-0.2, -0.15) is 5.26 Å². The number of carbonyl (C=O) groups excluding carboxylic acids is 1. The van der Waals surface area contributed by atoms with E-state index in [9.17, 15) is 4.79 Å². The molecule has 0 N–H and O–H groups in total. The van der Waals surface area contributed by atoms with Crippen molar-refractivity contribution in [1.29, 1.82) is 5.26 Å². The zero-order valence-corrected chi connectivity index (χ0v) is 11.9. The van der Waals surface area contributed by atoms with E-state index in [0.29, 0.717) is 23.6 Å². The van der Waals surface area contributed by atoms with E-state index in [2.05, 4.69) is 11.1 Å². The molecule has 2 rings (SSSR count). The fourth-order valence-electron chi connectivity index (χ4n) is 1.91. The number of imidazole rings is 1. The zero-order valence-electron chi connectivity index (χ0n) is 11.9. The van der Waals surface area contributed by atoms with Crippen molar-refractivity contribution in [3.05, 3.63) is 53.6 Å². The van der Waals surface area contributed by atoms with Crippen LogP contribution < -0.4 is 0 Å². The van der Waals surface area contributed by atoms with E-state index in [1.807, 2.05) is 6.07 Å². The molecule has 21 heavy (non-hydrogen) atoms. The maximum atomic E-state index is 12.1. The molecule has 1 aromatic heterocycles. The van der Waals surface area contributed by atoms with Gasteiger partial charge in [-0.25, -0.2) is 9.78 Å². The molecule has 0 atom stereocenters. The van der Waals surface area contributed by atoms with Gasteiger partial charge in [0.25, 0.3) is 0 Å². The van der Waals surface area contributed by atoms with Crippen LogP contribution in [0.5, 0.6) is 0 Å². The SMILES string of the molecule is CCOC(=O)C(=Cc1cccc(C#N)c1)c1nccn1C. The standard InChI is InChI=1S/C16H15N3O2/c1-3-21-16(20)14(15-18-7-8-19(15)2)10-12-5-4-6-13(9-12)11-17/h4-10H,3H2,1-2H3. The summed E-state index contributed by atoms with van der Waals surface area (Å²) in [6.45, 7) is 2.04. The smallest absolute Gasteiger partial charge is 0.341 e. The van der Waals surface area contributed by atoms with Crippen molar-refractivity contribution >= 4 is 17.6 Å². The number of aryl methyl sites for hydroxylation is 1. The van der Waals surface area contributed by atoms with Gasteiger partial charge in [0, 0.05) is 19.4 Å². The van der Waals surface area contributed by atoms with E-state index in [-0.39, 0.29) is 0 Å². The molecule has 5 nitrogen and oxygen atoms in total. The quantitative estimate of drug-likeness (QED) is 0.637. The van der Waals surface area contributed by atoms with Crippen LogP contribution in [0.15, 0.2) is 36.7 Å². The number of aromatic nitrogens is 2. The minimum absolute atomic E-state index is 0.291. The molecule has 0 radical (unpaired) electrons. The Morgan fingerprint density at radius 1 is 1.52 bits per heavy atom. The molecule has 0 aliphatic carbocycles. The highest BCUT2D eigenvalue weighted by molar-refractivity contribution is 6.20. The largest absolute Gasteiger partial charge is 0.462 e. The summed E-state index contributed by atoms with van der Waals surface area (Å²) in [5.41, 5.74) is 1.64. The monoisotopic (exact) mass is 281 g/mol. The number of hydrogen-bond donors (Lipinski definition) is 0. The first-order valence-corrected chi connectivity index (χ1v) is 6.52. The minimum atomic E-state index is -0.436. The summed E-state index contributed by atoms with van der Waals surface area (Å²) in [7, 11) is 1.81. The average molecular weight is 281 g/mol. The normalized spacial score (nSPS) is 11.0. The Morgan fingerprint density at radius 2 is 2.33 bits per heavy atom. The molecule has 0 saturated heterocycles. The van der Waals surface area contributed by atoms with Crippen LogP contribution in [-0.4, -0.2) is 22.1 Å². The lowest BCUT2D eigenvalue weighted by Crippen LogP contribution is -2.10. The lowest BCUT2D eigenvalue weighted by Gasteiger charge is -2.07. The van der Waals surface area contributed by atoms with Gasteiger partial charge in [-0.1, -0.05) is 12.1 Å². The maximum absolute atomic E-state index is 12.1. The van der Waals surface area contributed by atoms with E-state index < -0.39 is 5.97 Å². The van der Waals surface area contributed by atoms with Crippen LogP contribution >= 0.6 is 0 Å². The minimum Gasteiger partial charge on any atom is -0.462 e. The topological polar surface area (TPSA) is 67.9 Å². The molecule has 1 aromatic carbocycles. The Bertz CT molecular complexity index is 723. The summed E-state index contributed by atoms with van der Waals surface area (Å²) in [6, 6.07) is 9.09. The van der Waals surface area contributed by atoms with Crippen LogP contribution in [0.25, 0.3) is 11.6 Å². The van der Waals surface area contributed by atoms with Crippen molar-refractivity contribution < 1.29 is 9.53 Å². The number of ether oxygens (including phenoxy) is 1. The number of rotatable bonds is 4.